The number of hydrogen-bond donors (Lipinski definition) is 1. The first kappa shape index (κ1) is 22.4. The number of nitrogens with one attached hydrogen (secondary N) is 1. The zero-order valence-electron chi connectivity index (χ0n) is 17.7. The van der Waals surface area contributed by atoms with E-state index in [1.807, 2.05) is 66.7 Å². The van der Waals surface area contributed by atoms with Crippen molar-refractivity contribution in [3.05, 3.63) is 102 Å². The summed E-state index contributed by atoms with van der Waals surface area (Å²) in [6.07, 6.45) is 1.16. The fourth-order valence-corrected chi connectivity index (χ4v) is 3.65. The number of sulfonamides is 1. The zero-order chi connectivity index (χ0) is 22.3. The highest BCUT2D eigenvalue weighted by Crippen LogP contribution is 2.17. The minimum Gasteiger partial charge on any atom is -0.334 e. The minimum atomic E-state index is -3.35. The minimum absolute atomic E-state index is 0.186. The molecule has 0 aliphatic carbocycles. The Morgan fingerprint density at radius 1 is 0.806 bits per heavy atom. The van der Waals surface area contributed by atoms with E-state index in [1.165, 1.54) is 11.4 Å². The van der Waals surface area contributed by atoms with Crippen molar-refractivity contribution in [1.82, 2.24) is 10.2 Å². The Hall–Kier alpha value is -3.32. The second kappa shape index (κ2) is 10.1. The molecule has 0 radical (unpaired) electrons. The topological polar surface area (TPSA) is 69.7 Å². The Kier molecular flexibility index (Phi) is 7.31. The van der Waals surface area contributed by atoms with E-state index in [1.54, 1.807) is 23.1 Å². The van der Waals surface area contributed by atoms with Gasteiger partial charge in [-0.25, -0.2) is 13.2 Å². The normalized spacial score (nSPS) is 11.0. The number of rotatable bonds is 8. The van der Waals surface area contributed by atoms with Gasteiger partial charge in [0.2, 0.25) is 10.0 Å². The molecule has 0 aliphatic heterocycles. The fourth-order valence-electron chi connectivity index (χ4n) is 3.15. The summed E-state index contributed by atoms with van der Waals surface area (Å²) in [6.45, 7) is 1.27. The first-order valence-electron chi connectivity index (χ1n) is 9.96. The number of nitrogens with zero attached hydrogens (tertiary/aromatic N) is 2. The number of carbonyl (C=O) groups excluding carboxylic acids is 1. The van der Waals surface area contributed by atoms with Crippen LogP contribution in [0.5, 0.6) is 0 Å². The number of benzene rings is 3. The van der Waals surface area contributed by atoms with Gasteiger partial charge in [0, 0.05) is 26.7 Å². The number of amides is 2. The highest BCUT2D eigenvalue weighted by atomic mass is 32.2. The molecule has 1 N–H and O–H groups in total. The van der Waals surface area contributed by atoms with E-state index in [9.17, 15) is 13.2 Å². The number of hydrogen-bond acceptors (Lipinski definition) is 3. The van der Waals surface area contributed by atoms with Gasteiger partial charge in [0.15, 0.2) is 0 Å². The fraction of sp³-hybridized carbons (Fsp3) is 0.208. The Morgan fingerprint density at radius 2 is 1.32 bits per heavy atom. The van der Waals surface area contributed by atoms with Crippen LogP contribution in [0.25, 0.3) is 0 Å². The third kappa shape index (κ3) is 6.58. The molecule has 0 spiro atoms. The molecule has 3 aromatic rings. The molecule has 0 saturated carbocycles. The van der Waals surface area contributed by atoms with Crippen molar-refractivity contribution in [2.45, 2.75) is 19.6 Å². The van der Waals surface area contributed by atoms with Gasteiger partial charge in [-0.2, -0.15) is 0 Å². The van der Waals surface area contributed by atoms with E-state index in [4.69, 9.17) is 0 Å². The van der Waals surface area contributed by atoms with Gasteiger partial charge < -0.3 is 10.2 Å². The van der Waals surface area contributed by atoms with Crippen molar-refractivity contribution in [2.75, 3.05) is 17.6 Å². The number of anilines is 1. The SMILES string of the molecule is CN(c1cccc(CNC(=O)N(Cc2ccccc2)Cc2ccccc2)c1)S(C)(=O)=O. The van der Waals surface area contributed by atoms with Gasteiger partial charge in [-0.15, -0.1) is 0 Å². The van der Waals surface area contributed by atoms with Crippen molar-refractivity contribution in [3.63, 3.8) is 0 Å². The highest BCUT2D eigenvalue weighted by Gasteiger charge is 2.16. The van der Waals surface area contributed by atoms with Crippen molar-refractivity contribution in [1.29, 1.82) is 0 Å². The monoisotopic (exact) mass is 437 g/mol. The van der Waals surface area contributed by atoms with Crippen LogP contribution in [0.1, 0.15) is 16.7 Å². The molecule has 0 fully saturated rings. The van der Waals surface area contributed by atoms with Crippen LogP contribution in [0.15, 0.2) is 84.9 Å². The summed E-state index contributed by atoms with van der Waals surface area (Å²) >= 11 is 0. The average molecular weight is 438 g/mol. The number of carbonyl (C=O) groups is 1. The van der Waals surface area contributed by atoms with Gasteiger partial charge in [-0.3, -0.25) is 4.31 Å². The maximum absolute atomic E-state index is 13.0. The van der Waals surface area contributed by atoms with Gasteiger partial charge >= 0.3 is 6.03 Å². The van der Waals surface area contributed by atoms with Crippen LogP contribution < -0.4 is 9.62 Å². The Bertz CT molecular complexity index is 1060. The van der Waals surface area contributed by atoms with Crippen LogP contribution in [0.2, 0.25) is 0 Å². The van der Waals surface area contributed by atoms with E-state index in [2.05, 4.69) is 5.32 Å². The van der Waals surface area contributed by atoms with Gasteiger partial charge in [-0.05, 0) is 28.8 Å². The molecule has 0 heterocycles. The van der Waals surface area contributed by atoms with Crippen LogP contribution in [0.4, 0.5) is 10.5 Å². The molecule has 6 nitrogen and oxygen atoms in total. The molecule has 31 heavy (non-hydrogen) atoms. The lowest BCUT2D eigenvalue weighted by atomic mass is 10.1. The Labute approximate surface area is 184 Å². The molecule has 162 valence electrons. The molecule has 7 heteroatoms. The van der Waals surface area contributed by atoms with Crippen LogP contribution >= 0.6 is 0 Å². The lowest BCUT2D eigenvalue weighted by molar-refractivity contribution is 0.192. The van der Waals surface area contributed by atoms with E-state index in [0.717, 1.165) is 22.9 Å². The molecule has 3 rings (SSSR count). The lowest BCUT2D eigenvalue weighted by Crippen LogP contribution is -2.38. The summed E-state index contributed by atoms with van der Waals surface area (Å²) in [5.74, 6) is 0. The summed E-state index contributed by atoms with van der Waals surface area (Å²) in [6, 6.07) is 26.7. The van der Waals surface area contributed by atoms with E-state index in [-0.39, 0.29) is 6.03 Å². The third-order valence-corrected chi connectivity index (χ3v) is 6.14. The molecule has 0 bridgehead atoms. The summed E-state index contributed by atoms with van der Waals surface area (Å²) in [5, 5.41) is 2.96. The van der Waals surface area contributed by atoms with Crippen LogP contribution in [-0.2, 0) is 29.7 Å². The summed E-state index contributed by atoms with van der Waals surface area (Å²) in [7, 11) is -1.84. The first-order valence-corrected chi connectivity index (χ1v) is 11.8. The number of urea groups is 1. The van der Waals surface area contributed by atoms with E-state index < -0.39 is 10.0 Å². The van der Waals surface area contributed by atoms with Crippen molar-refractivity contribution < 1.29 is 13.2 Å². The molecule has 3 aromatic carbocycles. The zero-order valence-corrected chi connectivity index (χ0v) is 18.5. The van der Waals surface area contributed by atoms with Gasteiger partial charge in [-0.1, -0.05) is 72.8 Å². The smallest absolute Gasteiger partial charge is 0.318 e. The molecule has 2 amide bonds. The maximum atomic E-state index is 13.0. The largest absolute Gasteiger partial charge is 0.334 e. The third-order valence-electron chi connectivity index (χ3n) is 4.94. The second-order valence-electron chi connectivity index (χ2n) is 7.39. The van der Waals surface area contributed by atoms with Crippen LogP contribution in [0, 0.1) is 0 Å². The van der Waals surface area contributed by atoms with Gasteiger partial charge in [0.1, 0.15) is 0 Å². The summed E-state index contributed by atoms with van der Waals surface area (Å²) in [4.78, 5) is 14.8. The maximum Gasteiger partial charge on any atom is 0.318 e. The van der Waals surface area contributed by atoms with Crippen LogP contribution in [0.3, 0.4) is 0 Å². The quantitative estimate of drug-likeness (QED) is 0.579. The first-order chi connectivity index (χ1) is 14.8. The van der Waals surface area contributed by atoms with Gasteiger partial charge in [0.25, 0.3) is 0 Å². The Morgan fingerprint density at radius 3 is 1.84 bits per heavy atom. The molecule has 0 unspecified atom stereocenters. The van der Waals surface area contributed by atoms with Gasteiger partial charge in [0.05, 0.1) is 11.9 Å². The molecule has 0 aliphatic rings. The molecular formula is C24H27N3O3S. The van der Waals surface area contributed by atoms with Crippen LogP contribution in [-0.4, -0.2) is 32.7 Å². The summed E-state index contributed by atoms with van der Waals surface area (Å²) in [5.41, 5.74) is 3.47. The molecule has 0 aromatic heterocycles. The summed E-state index contributed by atoms with van der Waals surface area (Å²) < 4.78 is 24.8. The average Bonchev–Trinajstić information content (AvgIpc) is 2.77. The molecular weight excluding hydrogens is 410 g/mol. The molecule has 0 saturated heterocycles. The second-order valence-corrected chi connectivity index (χ2v) is 9.40. The van der Waals surface area contributed by atoms with E-state index >= 15 is 0 Å². The highest BCUT2D eigenvalue weighted by molar-refractivity contribution is 7.92. The van der Waals surface area contributed by atoms with Crippen molar-refractivity contribution >= 4 is 21.7 Å². The van der Waals surface area contributed by atoms with Crippen molar-refractivity contribution in [2.24, 2.45) is 0 Å². The Balaban J connectivity index is 1.71. The lowest BCUT2D eigenvalue weighted by Gasteiger charge is -2.24. The predicted molar refractivity (Wildman–Crippen MR) is 124 cm³/mol. The van der Waals surface area contributed by atoms with E-state index in [0.29, 0.717) is 25.3 Å². The molecule has 0 atom stereocenters. The standard InChI is InChI=1S/C24H27N3O3S/c1-26(31(2,29)30)23-15-9-14-22(16-23)17-25-24(28)27(18-20-10-5-3-6-11-20)19-21-12-7-4-8-13-21/h3-16H,17-19H2,1-2H3,(H,25,28). The predicted octanol–water partition coefficient (Wildman–Crippen LogP) is 3.99. The van der Waals surface area contributed by atoms with Crippen molar-refractivity contribution in [3.8, 4) is 0 Å².